The second-order valence-corrected chi connectivity index (χ2v) is 2.25. The van der Waals surface area contributed by atoms with Crippen molar-refractivity contribution in [1.29, 1.82) is 0 Å². The molecule has 0 amide bonds. The van der Waals surface area contributed by atoms with E-state index in [0.717, 1.165) is 13.0 Å². The van der Waals surface area contributed by atoms with Gasteiger partial charge < -0.3 is 38.7 Å². The summed E-state index contributed by atoms with van der Waals surface area (Å²) >= 11 is 0. The van der Waals surface area contributed by atoms with Crippen LogP contribution in [0.4, 0.5) is 0 Å². The maximum Gasteiger partial charge on any atom is 2.00 e. The van der Waals surface area contributed by atoms with Crippen LogP contribution in [0.15, 0.2) is 0 Å². The molecule has 1 aliphatic rings. The zero-order valence-electron chi connectivity index (χ0n) is 7.28. The van der Waals surface area contributed by atoms with Gasteiger partial charge in [-0.25, -0.2) is 0 Å². The molecule has 0 saturated carbocycles. The van der Waals surface area contributed by atoms with E-state index in [-0.39, 0.29) is 63.1 Å². The van der Waals surface area contributed by atoms with Gasteiger partial charge >= 0.3 is 23.1 Å². The predicted octanol–water partition coefficient (Wildman–Crippen LogP) is -4.79. The fraction of sp³-hybridized carbons (Fsp3) is 0.750. The molecule has 0 radical (unpaired) electrons. The number of ether oxygens (including phenoxy) is 1. The first-order valence-electron chi connectivity index (χ1n) is 3.47. The van der Waals surface area contributed by atoms with Crippen LogP contribution in [-0.4, -0.2) is 35.8 Å². The molecule has 0 bridgehead atoms. The molecule has 0 N–H and O–H groups in total. The van der Waals surface area contributed by atoms with Gasteiger partial charge in [0.05, 0.1) is 0 Å². The van der Waals surface area contributed by atoms with Gasteiger partial charge in [-0.2, -0.15) is 0 Å². The van der Waals surface area contributed by atoms with Crippen LogP contribution < -0.4 is 34.0 Å². The standard InChI is InChI=1S/C8H12O.2BrH.Mg/c1-2-5-8-6-3-4-7-9-8;;;/h8H,3-4,6-7H2,1H3;2*1H;/q;;;+2/p-2. The van der Waals surface area contributed by atoms with Crippen molar-refractivity contribution >= 4 is 23.1 Å². The van der Waals surface area contributed by atoms with Crippen molar-refractivity contribution in [1.82, 2.24) is 0 Å². The summed E-state index contributed by atoms with van der Waals surface area (Å²) in [5.74, 6) is 5.87. The SMILES string of the molecule is CC#CC1CCCCO1.[Br-].[Br-].[Mg+2]. The van der Waals surface area contributed by atoms with Crippen LogP contribution in [0, 0.1) is 11.8 Å². The van der Waals surface area contributed by atoms with E-state index in [1.165, 1.54) is 12.8 Å². The van der Waals surface area contributed by atoms with Gasteiger partial charge in [0.25, 0.3) is 0 Å². The summed E-state index contributed by atoms with van der Waals surface area (Å²) in [6.45, 7) is 2.76. The van der Waals surface area contributed by atoms with Gasteiger partial charge in [0.15, 0.2) is 0 Å². The third-order valence-electron chi connectivity index (χ3n) is 1.49. The Morgan fingerprint density at radius 2 is 1.92 bits per heavy atom. The summed E-state index contributed by atoms with van der Waals surface area (Å²) < 4.78 is 5.34. The molecular formula is C8H12Br2MgO. The predicted molar refractivity (Wildman–Crippen MR) is 42.8 cm³/mol. The molecule has 1 rings (SSSR count). The Labute approximate surface area is 112 Å². The Morgan fingerprint density at radius 1 is 1.25 bits per heavy atom. The minimum absolute atomic E-state index is 0. The zero-order valence-corrected chi connectivity index (χ0v) is 11.9. The third-order valence-corrected chi connectivity index (χ3v) is 1.49. The first-order chi connectivity index (χ1) is 4.43. The quantitative estimate of drug-likeness (QED) is 0.322. The first-order valence-corrected chi connectivity index (χ1v) is 3.47. The van der Waals surface area contributed by atoms with E-state index in [0.29, 0.717) is 0 Å². The molecule has 0 aliphatic carbocycles. The molecule has 1 unspecified atom stereocenters. The summed E-state index contributed by atoms with van der Waals surface area (Å²) in [6.07, 6.45) is 3.85. The van der Waals surface area contributed by atoms with Crippen LogP contribution in [0.3, 0.4) is 0 Å². The topological polar surface area (TPSA) is 9.23 Å². The number of hydrogen-bond acceptors (Lipinski definition) is 1. The van der Waals surface area contributed by atoms with Crippen molar-refractivity contribution in [3.63, 3.8) is 0 Å². The van der Waals surface area contributed by atoms with Crippen LogP contribution in [0.25, 0.3) is 0 Å². The van der Waals surface area contributed by atoms with E-state index in [1.54, 1.807) is 0 Å². The van der Waals surface area contributed by atoms with Gasteiger partial charge in [0.2, 0.25) is 0 Å². The number of halogens is 2. The molecule has 4 heteroatoms. The molecule has 0 aromatic carbocycles. The molecule has 1 nitrogen and oxygen atoms in total. The molecule has 0 aromatic heterocycles. The van der Waals surface area contributed by atoms with Crippen molar-refractivity contribution in [3.8, 4) is 11.8 Å². The van der Waals surface area contributed by atoms with Crippen molar-refractivity contribution < 1.29 is 38.7 Å². The second-order valence-electron chi connectivity index (χ2n) is 2.25. The summed E-state index contributed by atoms with van der Waals surface area (Å²) in [6, 6.07) is 0. The van der Waals surface area contributed by atoms with Crippen LogP contribution in [-0.2, 0) is 4.74 Å². The Hall–Kier alpha value is 1.25. The average Bonchev–Trinajstić information content (AvgIpc) is 1.91. The van der Waals surface area contributed by atoms with Crippen molar-refractivity contribution in [2.45, 2.75) is 32.3 Å². The minimum atomic E-state index is 0. The van der Waals surface area contributed by atoms with E-state index >= 15 is 0 Å². The first kappa shape index (κ1) is 18.9. The number of hydrogen-bond donors (Lipinski definition) is 0. The summed E-state index contributed by atoms with van der Waals surface area (Å²) in [5, 5.41) is 0. The Kier molecular flexibility index (Phi) is 19.3. The van der Waals surface area contributed by atoms with Crippen molar-refractivity contribution in [2.75, 3.05) is 6.61 Å². The molecule has 1 heterocycles. The smallest absolute Gasteiger partial charge is 1.00 e. The van der Waals surface area contributed by atoms with Gasteiger partial charge in [-0.15, -0.1) is 5.92 Å². The molecule has 1 saturated heterocycles. The van der Waals surface area contributed by atoms with Gasteiger partial charge in [0.1, 0.15) is 6.10 Å². The Bertz CT molecular complexity index is 136. The molecule has 0 spiro atoms. The fourth-order valence-corrected chi connectivity index (χ4v) is 1.02. The van der Waals surface area contributed by atoms with Gasteiger partial charge in [-0.3, -0.25) is 0 Å². The Balaban J connectivity index is -0.000000270. The largest absolute Gasteiger partial charge is 2.00 e. The van der Waals surface area contributed by atoms with E-state index in [4.69, 9.17) is 4.74 Å². The average molecular weight is 308 g/mol. The third kappa shape index (κ3) is 7.87. The van der Waals surface area contributed by atoms with E-state index in [9.17, 15) is 0 Å². The van der Waals surface area contributed by atoms with Crippen LogP contribution in [0.1, 0.15) is 26.2 Å². The summed E-state index contributed by atoms with van der Waals surface area (Å²) in [7, 11) is 0. The molecule has 1 atom stereocenters. The Morgan fingerprint density at radius 3 is 2.33 bits per heavy atom. The number of rotatable bonds is 0. The maximum absolute atomic E-state index is 5.34. The van der Waals surface area contributed by atoms with Gasteiger partial charge in [0, 0.05) is 6.61 Å². The zero-order chi connectivity index (χ0) is 6.53. The van der Waals surface area contributed by atoms with Crippen LogP contribution >= 0.6 is 0 Å². The van der Waals surface area contributed by atoms with Gasteiger partial charge in [-0.1, -0.05) is 5.92 Å². The molecule has 1 fully saturated rings. The van der Waals surface area contributed by atoms with E-state index in [2.05, 4.69) is 11.8 Å². The van der Waals surface area contributed by atoms with Gasteiger partial charge in [-0.05, 0) is 26.2 Å². The normalized spacial score (nSPS) is 19.9. The fourth-order valence-electron chi connectivity index (χ4n) is 1.02. The summed E-state index contributed by atoms with van der Waals surface area (Å²) in [4.78, 5) is 0. The maximum atomic E-state index is 5.34. The minimum Gasteiger partial charge on any atom is -1.00 e. The second kappa shape index (κ2) is 12.2. The van der Waals surface area contributed by atoms with E-state index in [1.807, 2.05) is 6.92 Å². The monoisotopic (exact) mass is 306 g/mol. The molecule has 66 valence electrons. The molecule has 0 aromatic rings. The van der Waals surface area contributed by atoms with Crippen molar-refractivity contribution in [2.24, 2.45) is 0 Å². The van der Waals surface area contributed by atoms with E-state index < -0.39 is 0 Å². The summed E-state index contributed by atoms with van der Waals surface area (Å²) in [5.41, 5.74) is 0. The van der Waals surface area contributed by atoms with Crippen LogP contribution in [0.2, 0.25) is 0 Å². The van der Waals surface area contributed by atoms with Crippen molar-refractivity contribution in [3.05, 3.63) is 0 Å². The molecular weight excluding hydrogens is 296 g/mol. The molecule has 1 aliphatic heterocycles. The molecule has 12 heavy (non-hydrogen) atoms. The van der Waals surface area contributed by atoms with Crippen LogP contribution in [0.5, 0.6) is 0 Å².